The molecule has 384 valence electrons. The van der Waals surface area contributed by atoms with Crippen LogP contribution in [0.2, 0.25) is 0 Å². The van der Waals surface area contributed by atoms with Crippen molar-refractivity contribution >= 4 is 97.6 Å². The highest BCUT2D eigenvalue weighted by Crippen LogP contribution is 2.62. The zero-order valence-electron chi connectivity index (χ0n) is 35.7. The maximum Gasteiger partial charge on any atom is 0.481 e. The van der Waals surface area contributed by atoms with Crippen LogP contribution in [0.25, 0.3) is 11.2 Å². The number of carboxylic acid groups (broad SMARTS) is 2. The van der Waals surface area contributed by atoms with Crippen LogP contribution in [0.4, 0.5) is 5.82 Å². The average Bonchev–Trinajstić information content (AvgIpc) is 3.80. The molecule has 9 atom stereocenters. The van der Waals surface area contributed by atoms with Crippen molar-refractivity contribution in [2.24, 2.45) is 16.9 Å². The third-order valence-corrected chi connectivity index (χ3v) is 14.6. The van der Waals surface area contributed by atoms with Crippen LogP contribution in [-0.4, -0.2) is 181 Å². The van der Waals surface area contributed by atoms with Crippen molar-refractivity contribution in [1.82, 2.24) is 35.1 Å². The second-order valence-corrected chi connectivity index (χ2v) is 21.8. The maximum atomic E-state index is 13.1. The summed E-state index contributed by atoms with van der Waals surface area (Å²) in [7, 11) is -14.8. The number of nitrogen functional groups attached to an aromatic ring is 1. The molecule has 1 aliphatic rings. The Labute approximate surface area is 392 Å². The van der Waals surface area contributed by atoms with Crippen LogP contribution in [0.3, 0.4) is 0 Å². The van der Waals surface area contributed by atoms with Gasteiger partial charge in [0.15, 0.2) is 23.8 Å². The van der Waals surface area contributed by atoms with Gasteiger partial charge in [-0.05, 0) is 6.42 Å². The zero-order chi connectivity index (χ0) is 51.4. The number of imidazole rings is 1. The van der Waals surface area contributed by atoms with Crippen molar-refractivity contribution in [3.05, 3.63) is 12.7 Å². The minimum atomic E-state index is -5.82. The third-order valence-electron chi connectivity index (χ3n) is 9.09. The number of aliphatic hydroxyl groups excluding tert-OH is 2. The second-order valence-electron chi connectivity index (χ2n) is 14.9. The number of nitrogens with zero attached hydrogens (tertiary/aromatic N) is 5. The lowest BCUT2D eigenvalue weighted by atomic mass is 9.87. The minimum absolute atomic E-state index is 0.0110. The number of imide groups is 1. The van der Waals surface area contributed by atoms with Gasteiger partial charge in [0, 0.05) is 42.9 Å². The summed E-state index contributed by atoms with van der Waals surface area (Å²) < 4.78 is 63.0. The van der Waals surface area contributed by atoms with Crippen molar-refractivity contribution in [2.75, 3.05) is 50.1 Å². The molecule has 4 amide bonds. The molecule has 37 heteroatoms. The van der Waals surface area contributed by atoms with Crippen LogP contribution in [-0.2, 0) is 65.1 Å². The molecule has 32 nitrogen and oxygen atoms in total. The van der Waals surface area contributed by atoms with Gasteiger partial charge < -0.3 is 72.6 Å². The number of aliphatic carboxylic acids is 2. The van der Waals surface area contributed by atoms with E-state index in [1.165, 1.54) is 13.8 Å². The Bertz CT molecular complexity index is 2280. The minimum Gasteiger partial charge on any atom is -0.480 e. The Hall–Kier alpha value is -3.76. The second kappa shape index (κ2) is 25.4. The highest BCUT2D eigenvalue weighted by molar-refractivity contribution is 8.76. The molecule has 0 radical (unpaired) electrons. The number of aliphatic hydroxyl groups is 2. The molecule has 0 bridgehead atoms. The summed E-state index contributed by atoms with van der Waals surface area (Å²) in [5, 5.41) is 43.7. The fraction of sp³-hybridized carbons (Fsp3) is 0.645. The monoisotopic (exact) mass is 1070 g/mol. The Balaban J connectivity index is 1.50. The number of amides is 4. The first-order valence-corrected chi connectivity index (χ1v) is 26.4. The van der Waals surface area contributed by atoms with Crippen LogP contribution < -0.4 is 27.8 Å². The van der Waals surface area contributed by atoms with Gasteiger partial charge in [-0.1, -0.05) is 35.4 Å². The molecule has 3 unspecified atom stereocenters. The number of hydrogen-bond donors (Lipinski definition) is 13. The molecule has 1 saturated heterocycles. The summed E-state index contributed by atoms with van der Waals surface area (Å²) >= 11 is 0. The predicted octanol–water partition coefficient (Wildman–Crippen LogP) is -3.25. The normalized spacial score (nSPS) is 20.7. The number of rotatable bonds is 29. The number of carbonyl (C=O) groups excluding carboxylic acids is 4. The van der Waals surface area contributed by atoms with E-state index in [1.54, 1.807) is 0 Å². The standard InChI is InChI=1S/C31H51N10O22P3S2/c1-31(2,12-42)24(27(48)36-6-5-18(43)35-7-8-67-68-11-16(33)28(49)40(9-20(45)46)19(44)4-3-15(32)30(50)51)62-66(57,58)63-65(55,56)59-10-17-23(61-64(52,53)54)22(47)29(60-17)41-14-39-21-25(34)37-13-38-26(21)41/h13-17,22-24,29,42,47H,3-12,32-33H2,1-2H3,(H,35,43)(H,36,48)(H,45,46)(H,50,51)(H,55,56)(H,57,58)(H2,34,37,38)(H2,52,53,54)/t15-,16-,17+,22+,23+,24?,29+/m0/s1. The molecule has 0 saturated carbocycles. The van der Waals surface area contributed by atoms with Gasteiger partial charge in [-0.15, -0.1) is 0 Å². The van der Waals surface area contributed by atoms with E-state index in [9.17, 15) is 72.2 Å². The lowest BCUT2D eigenvalue weighted by Gasteiger charge is -2.32. The summed E-state index contributed by atoms with van der Waals surface area (Å²) in [6.07, 6.45) is -8.53. The number of nitrogens with two attached hydrogens (primary N) is 3. The molecule has 0 aliphatic carbocycles. The number of carboxylic acids is 2. The molecule has 0 aromatic carbocycles. The van der Waals surface area contributed by atoms with Gasteiger partial charge in [0.25, 0.3) is 0 Å². The number of nitrogens with one attached hydrogen (secondary N) is 2. The fourth-order valence-corrected chi connectivity index (χ4v) is 10.6. The molecule has 2 aromatic rings. The summed E-state index contributed by atoms with van der Waals surface area (Å²) in [6.45, 7) is -1.03. The van der Waals surface area contributed by atoms with Gasteiger partial charge in [-0.2, -0.15) is 4.31 Å². The van der Waals surface area contributed by atoms with Crippen molar-refractivity contribution in [2.45, 2.75) is 75.8 Å². The van der Waals surface area contributed by atoms with Crippen LogP contribution in [0.1, 0.15) is 39.3 Å². The van der Waals surface area contributed by atoms with Gasteiger partial charge in [-0.25, -0.2) is 28.6 Å². The van der Waals surface area contributed by atoms with Crippen LogP contribution in [0.15, 0.2) is 12.7 Å². The quantitative estimate of drug-likeness (QED) is 0.0216. The van der Waals surface area contributed by atoms with Gasteiger partial charge in [0.1, 0.15) is 42.7 Å². The fourth-order valence-electron chi connectivity index (χ4n) is 5.66. The number of carbonyl (C=O) groups is 6. The number of ether oxygens (including phenoxy) is 1. The van der Waals surface area contributed by atoms with Gasteiger partial charge in [0.2, 0.25) is 23.6 Å². The molecule has 2 aromatic heterocycles. The number of hydrogen-bond acceptors (Lipinski definition) is 24. The predicted molar refractivity (Wildman–Crippen MR) is 232 cm³/mol. The van der Waals surface area contributed by atoms with Crippen molar-refractivity contribution in [3.63, 3.8) is 0 Å². The van der Waals surface area contributed by atoms with Gasteiger partial charge in [-0.3, -0.25) is 51.8 Å². The van der Waals surface area contributed by atoms with Crippen LogP contribution in [0, 0.1) is 5.41 Å². The summed E-state index contributed by atoms with van der Waals surface area (Å²) in [4.78, 5) is 125. The zero-order valence-corrected chi connectivity index (χ0v) is 40.0. The third kappa shape index (κ3) is 17.9. The molecule has 0 spiro atoms. The largest absolute Gasteiger partial charge is 0.481 e. The topological polar surface area (TPSA) is 511 Å². The van der Waals surface area contributed by atoms with E-state index in [0.717, 1.165) is 38.8 Å². The Morgan fingerprint density at radius 1 is 0.971 bits per heavy atom. The highest BCUT2D eigenvalue weighted by atomic mass is 33.1. The first kappa shape index (κ1) is 58.6. The number of phosphoric ester groups is 3. The van der Waals surface area contributed by atoms with E-state index >= 15 is 0 Å². The molecule has 1 aliphatic heterocycles. The van der Waals surface area contributed by atoms with Crippen molar-refractivity contribution in [3.8, 4) is 0 Å². The van der Waals surface area contributed by atoms with E-state index in [0.29, 0.717) is 4.90 Å². The molecular formula is C31H51N10O22P3S2. The van der Waals surface area contributed by atoms with E-state index in [2.05, 4.69) is 34.4 Å². The highest BCUT2D eigenvalue weighted by Gasteiger charge is 2.51. The van der Waals surface area contributed by atoms with E-state index in [-0.39, 0.29) is 47.9 Å². The lowest BCUT2D eigenvalue weighted by molar-refractivity contribution is -0.153. The van der Waals surface area contributed by atoms with Gasteiger partial charge in [0.05, 0.1) is 25.6 Å². The Kier molecular flexibility index (Phi) is 21.9. The Morgan fingerprint density at radius 2 is 1.65 bits per heavy atom. The number of anilines is 1. The van der Waals surface area contributed by atoms with Crippen molar-refractivity contribution in [1.29, 1.82) is 0 Å². The van der Waals surface area contributed by atoms with E-state index in [4.69, 9.17) is 41.2 Å². The molecular weight excluding hydrogens is 1020 g/mol. The molecule has 3 heterocycles. The summed E-state index contributed by atoms with van der Waals surface area (Å²) in [5.74, 6) is -6.62. The van der Waals surface area contributed by atoms with E-state index in [1.807, 2.05) is 0 Å². The maximum absolute atomic E-state index is 13.1. The molecule has 3 rings (SSSR count). The number of aromatic nitrogens is 4. The van der Waals surface area contributed by atoms with Crippen molar-refractivity contribution < 1.29 is 105 Å². The first-order valence-electron chi connectivity index (χ1n) is 19.4. The molecule has 1 fully saturated rings. The summed E-state index contributed by atoms with van der Waals surface area (Å²) in [6, 6.07) is -2.74. The Morgan fingerprint density at radius 3 is 2.26 bits per heavy atom. The number of phosphoric acid groups is 3. The lowest BCUT2D eigenvalue weighted by Crippen LogP contribution is -2.50. The molecule has 68 heavy (non-hydrogen) atoms. The SMILES string of the molecule is CC(C)(CO)C(OP(=O)(O)OP(=O)(O)OC[C@H]1O[C@@H](n2cnc3c(N)ncnc32)[C@H](O)[C@@H]1OP(=O)(O)O)C(=O)NCCC(=O)NCCSSC[C@H](N)C(=O)N(CC(=O)O)C(=O)CC[C@H](N)C(=O)O. The average molecular weight is 1070 g/mol. The smallest absolute Gasteiger partial charge is 0.480 e. The van der Waals surface area contributed by atoms with E-state index < -0.39 is 140 Å². The van der Waals surface area contributed by atoms with Crippen LogP contribution >= 0.6 is 45.1 Å². The van der Waals surface area contributed by atoms with Gasteiger partial charge >= 0.3 is 35.4 Å². The van der Waals surface area contributed by atoms with Crippen LogP contribution in [0.5, 0.6) is 0 Å². The summed E-state index contributed by atoms with van der Waals surface area (Å²) in [5.41, 5.74) is 15.3. The molecule has 16 N–H and O–H groups in total. The number of fused-ring (bicyclic) bond motifs is 1. The first-order chi connectivity index (χ1) is 31.5.